The number of amides is 1. The van der Waals surface area contributed by atoms with Gasteiger partial charge >= 0.3 is 5.97 Å². The molecule has 1 amide bonds. The molecule has 0 aliphatic rings. The number of nitro groups is 1. The van der Waals surface area contributed by atoms with Gasteiger partial charge in [0.25, 0.3) is 11.6 Å². The third-order valence-electron chi connectivity index (χ3n) is 5.53. The first kappa shape index (κ1) is 26.3. The van der Waals surface area contributed by atoms with Crippen LogP contribution in [0.5, 0.6) is 5.75 Å². The van der Waals surface area contributed by atoms with E-state index in [0.717, 1.165) is 29.3 Å². The number of carboxylic acids is 1. The minimum Gasteiger partial charge on any atom is -0.497 e. The first-order valence-electron chi connectivity index (χ1n) is 11.2. The van der Waals surface area contributed by atoms with Crippen LogP contribution in [0.1, 0.15) is 31.8 Å². The van der Waals surface area contributed by atoms with Crippen molar-refractivity contribution in [3.63, 3.8) is 0 Å². The molecule has 3 aromatic carbocycles. The number of carbonyl (C=O) groups excluding carboxylic acids is 1. The molecular formula is C26H27N3O7. The number of aliphatic hydroxyl groups is 1. The number of aliphatic hydroxyl groups excluding tert-OH is 1. The van der Waals surface area contributed by atoms with E-state index in [1.807, 2.05) is 54.6 Å². The van der Waals surface area contributed by atoms with Crippen LogP contribution in [0.4, 0.5) is 5.69 Å². The molecule has 0 aliphatic heterocycles. The van der Waals surface area contributed by atoms with Gasteiger partial charge in [0.15, 0.2) is 0 Å². The predicted octanol–water partition coefficient (Wildman–Crippen LogP) is 2.79. The highest BCUT2D eigenvalue weighted by molar-refractivity contribution is 5.98. The molecule has 0 bridgehead atoms. The highest BCUT2D eigenvalue weighted by Gasteiger charge is 2.24. The van der Waals surface area contributed by atoms with Crippen LogP contribution in [0, 0.1) is 10.1 Å². The van der Waals surface area contributed by atoms with Crippen molar-refractivity contribution < 1.29 is 29.5 Å². The van der Waals surface area contributed by atoms with Crippen LogP contribution in [-0.4, -0.2) is 52.8 Å². The van der Waals surface area contributed by atoms with Gasteiger partial charge in [-0.1, -0.05) is 42.5 Å². The summed E-state index contributed by atoms with van der Waals surface area (Å²) in [5.41, 5.74) is 0.730. The van der Waals surface area contributed by atoms with Crippen molar-refractivity contribution in [1.29, 1.82) is 0 Å². The molecular weight excluding hydrogens is 466 g/mol. The van der Waals surface area contributed by atoms with Gasteiger partial charge in [-0.2, -0.15) is 0 Å². The maximum atomic E-state index is 13.0. The maximum absolute atomic E-state index is 13.0. The third kappa shape index (κ3) is 7.36. The summed E-state index contributed by atoms with van der Waals surface area (Å²) in [7, 11) is 1.58. The summed E-state index contributed by atoms with van der Waals surface area (Å²) in [5, 5.41) is 37.3. The van der Waals surface area contributed by atoms with E-state index in [4.69, 9.17) is 4.74 Å². The van der Waals surface area contributed by atoms with Crippen LogP contribution in [0.2, 0.25) is 0 Å². The van der Waals surface area contributed by atoms with Gasteiger partial charge in [-0.05, 0) is 35.7 Å². The number of carboxylic acid groups (broad SMARTS) is 1. The van der Waals surface area contributed by atoms with Crippen molar-refractivity contribution in [2.75, 3.05) is 13.7 Å². The standard InChI is InChI=1S/C26H27N3O7/c1-36-22-9-5-8-18(10-22)15-27-16-24(30)23(11-17-6-3-2-4-7-17)28-25(31)19-12-20(26(32)33)14-21(13-19)29(34)35/h2-10,12-14,23-24,27,30H,11,15-16H2,1H3,(H,28,31)(H,32,33)/t23-,24-/m0/s1. The number of aromatic carboxylic acids is 1. The van der Waals surface area contributed by atoms with E-state index in [1.54, 1.807) is 7.11 Å². The highest BCUT2D eigenvalue weighted by atomic mass is 16.6. The number of nitro benzene ring substituents is 1. The van der Waals surface area contributed by atoms with Crippen molar-refractivity contribution in [3.05, 3.63) is 105 Å². The molecule has 0 aliphatic carbocycles. The molecule has 0 heterocycles. The smallest absolute Gasteiger partial charge is 0.335 e. The number of benzene rings is 3. The lowest BCUT2D eigenvalue weighted by atomic mass is 10.00. The van der Waals surface area contributed by atoms with Crippen molar-refractivity contribution in [1.82, 2.24) is 10.6 Å². The number of nitrogens with zero attached hydrogens (tertiary/aromatic N) is 1. The lowest BCUT2D eigenvalue weighted by Crippen LogP contribution is -2.48. The molecule has 4 N–H and O–H groups in total. The Morgan fingerprint density at radius 2 is 1.69 bits per heavy atom. The molecule has 2 atom stereocenters. The zero-order chi connectivity index (χ0) is 26.1. The van der Waals surface area contributed by atoms with E-state index in [-0.39, 0.29) is 24.1 Å². The Labute approximate surface area is 207 Å². The fraction of sp³-hybridized carbons (Fsp3) is 0.231. The van der Waals surface area contributed by atoms with E-state index < -0.39 is 34.6 Å². The van der Waals surface area contributed by atoms with Crippen LogP contribution in [-0.2, 0) is 13.0 Å². The molecule has 3 aromatic rings. The van der Waals surface area contributed by atoms with E-state index in [1.165, 1.54) is 0 Å². The minimum atomic E-state index is -1.39. The second kappa shape index (κ2) is 12.4. The number of hydrogen-bond acceptors (Lipinski definition) is 7. The SMILES string of the molecule is COc1cccc(CNC[C@H](O)[C@H](Cc2ccccc2)NC(=O)c2cc(C(=O)O)cc([N+](=O)[O-])c2)c1. The second-order valence-corrected chi connectivity index (χ2v) is 8.15. The van der Waals surface area contributed by atoms with Gasteiger partial charge in [-0.3, -0.25) is 14.9 Å². The summed E-state index contributed by atoms with van der Waals surface area (Å²) in [4.78, 5) is 34.8. The molecule has 0 saturated carbocycles. The molecule has 188 valence electrons. The minimum absolute atomic E-state index is 0.143. The summed E-state index contributed by atoms with van der Waals surface area (Å²) in [6, 6.07) is 18.9. The average molecular weight is 494 g/mol. The molecule has 10 heteroatoms. The molecule has 3 rings (SSSR count). The van der Waals surface area contributed by atoms with E-state index in [9.17, 15) is 29.9 Å². The monoisotopic (exact) mass is 493 g/mol. The average Bonchev–Trinajstić information content (AvgIpc) is 2.88. The van der Waals surface area contributed by atoms with Crippen molar-refractivity contribution in [2.24, 2.45) is 0 Å². The number of hydrogen-bond donors (Lipinski definition) is 4. The Morgan fingerprint density at radius 3 is 2.36 bits per heavy atom. The summed E-state index contributed by atoms with van der Waals surface area (Å²) in [6.07, 6.45) is -0.729. The summed E-state index contributed by atoms with van der Waals surface area (Å²) < 4.78 is 5.22. The fourth-order valence-electron chi connectivity index (χ4n) is 3.66. The molecule has 0 spiro atoms. The number of nitrogens with one attached hydrogen (secondary N) is 2. The summed E-state index contributed by atoms with van der Waals surface area (Å²) in [6.45, 7) is 0.595. The number of ether oxygens (including phenoxy) is 1. The third-order valence-corrected chi connectivity index (χ3v) is 5.53. The Morgan fingerprint density at radius 1 is 1.00 bits per heavy atom. The van der Waals surface area contributed by atoms with Gasteiger partial charge in [0.2, 0.25) is 0 Å². The number of rotatable bonds is 12. The molecule has 0 radical (unpaired) electrons. The number of non-ortho nitro benzene ring substituents is 1. The zero-order valence-corrected chi connectivity index (χ0v) is 19.6. The van der Waals surface area contributed by atoms with Crippen molar-refractivity contribution in [3.8, 4) is 5.75 Å². The summed E-state index contributed by atoms with van der Waals surface area (Å²) >= 11 is 0. The maximum Gasteiger partial charge on any atom is 0.335 e. The largest absolute Gasteiger partial charge is 0.497 e. The first-order valence-corrected chi connectivity index (χ1v) is 11.2. The van der Waals surface area contributed by atoms with Gasteiger partial charge in [0, 0.05) is 30.8 Å². The second-order valence-electron chi connectivity index (χ2n) is 8.15. The molecule has 36 heavy (non-hydrogen) atoms. The van der Waals surface area contributed by atoms with Gasteiger partial charge in [-0.15, -0.1) is 0 Å². The predicted molar refractivity (Wildman–Crippen MR) is 132 cm³/mol. The van der Waals surface area contributed by atoms with Crippen LogP contribution in [0.3, 0.4) is 0 Å². The quantitative estimate of drug-likeness (QED) is 0.222. The Hall–Kier alpha value is -4.28. The van der Waals surface area contributed by atoms with Crippen molar-refractivity contribution >= 4 is 17.6 Å². The first-order chi connectivity index (χ1) is 17.3. The van der Waals surface area contributed by atoms with Gasteiger partial charge in [0.1, 0.15) is 5.75 Å². The normalized spacial score (nSPS) is 12.4. The van der Waals surface area contributed by atoms with E-state index >= 15 is 0 Å². The Kier molecular flexibility index (Phi) is 9.09. The topological polar surface area (TPSA) is 151 Å². The van der Waals surface area contributed by atoms with Gasteiger partial charge in [0.05, 0.1) is 29.7 Å². The summed E-state index contributed by atoms with van der Waals surface area (Å²) in [5.74, 6) is -1.41. The Balaban J connectivity index is 1.76. The Bertz CT molecular complexity index is 1180. The van der Waals surface area contributed by atoms with Crippen LogP contribution < -0.4 is 15.4 Å². The zero-order valence-electron chi connectivity index (χ0n) is 19.6. The van der Waals surface area contributed by atoms with E-state index in [0.29, 0.717) is 12.3 Å². The fourth-order valence-corrected chi connectivity index (χ4v) is 3.66. The molecule has 0 saturated heterocycles. The van der Waals surface area contributed by atoms with Crippen LogP contribution >= 0.6 is 0 Å². The van der Waals surface area contributed by atoms with Gasteiger partial charge < -0.3 is 25.6 Å². The highest BCUT2D eigenvalue weighted by Crippen LogP contribution is 2.18. The molecule has 0 unspecified atom stereocenters. The lowest BCUT2D eigenvalue weighted by molar-refractivity contribution is -0.384. The van der Waals surface area contributed by atoms with E-state index in [2.05, 4.69) is 10.6 Å². The molecule has 0 fully saturated rings. The molecule has 10 nitrogen and oxygen atoms in total. The number of carbonyl (C=O) groups is 2. The van der Waals surface area contributed by atoms with Crippen LogP contribution in [0.25, 0.3) is 0 Å². The van der Waals surface area contributed by atoms with Gasteiger partial charge in [-0.25, -0.2) is 4.79 Å². The number of methoxy groups -OCH3 is 1. The lowest BCUT2D eigenvalue weighted by Gasteiger charge is -2.25. The van der Waals surface area contributed by atoms with Crippen molar-refractivity contribution in [2.45, 2.75) is 25.1 Å². The molecule has 0 aromatic heterocycles. The van der Waals surface area contributed by atoms with Crippen LogP contribution in [0.15, 0.2) is 72.8 Å².